The Balaban J connectivity index is 1.40. The van der Waals surface area contributed by atoms with Crippen LogP contribution in [-0.4, -0.2) is 6.54 Å². The molecule has 0 unspecified atom stereocenters. The van der Waals surface area contributed by atoms with Crippen molar-refractivity contribution >= 4 is 68.6 Å². The van der Waals surface area contributed by atoms with Crippen LogP contribution in [0.5, 0.6) is 0 Å². The fourth-order valence-corrected chi connectivity index (χ4v) is 8.47. The first kappa shape index (κ1) is 28.2. The number of rotatable bonds is 9. The fourth-order valence-electron chi connectivity index (χ4n) is 5.21. The summed E-state index contributed by atoms with van der Waals surface area (Å²) in [6.45, 7) is 16.4. The maximum atomic E-state index is 3.87. The van der Waals surface area contributed by atoms with Crippen LogP contribution in [0.1, 0.15) is 45.0 Å². The number of thioether (sulfide) groups is 3. The van der Waals surface area contributed by atoms with Gasteiger partial charge in [0.15, 0.2) is 0 Å². The molecular weight excluding hydrogens is 553 g/mol. The van der Waals surface area contributed by atoms with E-state index in [1.807, 2.05) is 33.9 Å². The highest BCUT2D eigenvalue weighted by Gasteiger charge is 2.24. The maximum absolute atomic E-state index is 3.87. The molecule has 0 spiro atoms. The standard InChI is InChI=1S/C33H35N2S4/c1-6-34-28-21-26(36-8-3)15-17-30(28)38-32(34)19-13-24-11-10-12-25(23(24)5)14-20-33-35(7-2)29-22-27(37-9-4)16-18-31(29)39-33/h8-9,13-22H,3-4,6-7,10-12H2,1-2,5H3/q+1. The van der Waals surface area contributed by atoms with Crippen LogP contribution in [0.2, 0.25) is 0 Å². The summed E-state index contributed by atoms with van der Waals surface area (Å²) < 4.78 is 3.76. The van der Waals surface area contributed by atoms with Gasteiger partial charge < -0.3 is 4.90 Å². The van der Waals surface area contributed by atoms with Crippen molar-refractivity contribution in [2.45, 2.75) is 61.3 Å². The minimum atomic E-state index is 0.959. The monoisotopic (exact) mass is 587 g/mol. The molecule has 5 rings (SSSR count). The van der Waals surface area contributed by atoms with Crippen LogP contribution in [0.15, 0.2) is 115 Å². The number of nitrogens with zero attached hydrogens (tertiary/aromatic N) is 2. The Morgan fingerprint density at radius 1 is 0.974 bits per heavy atom. The number of thiazole rings is 1. The summed E-state index contributed by atoms with van der Waals surface area (Å²) in [6, 6.07) is 13.4. The zero-order chi connectivity index (χ0) is 27.4. The largest absolute Gasteiger partial charge is 0.335 e. The summed E-state index contributed by atoms with van der Waals surface area (Å²) in [5.41, 5.74) is 6.95. The van der Waals surface area contributed by atoms with Crippen LogP contribution in [0.4, 0.5) is 5.69 Å². The van der Waals surface area contributed by atoms with Gasteiger partial charge in [-0.05, 0) is 104 Å². The summed E-state index contributed by atoms with van der Waals surface area (Å²) in [7, 11) is 0. The highest BCUT2D eigenvalue weighted by Crippen LogP contribution is 2.47. The molecule has 0 radical (unpaired) electrons. The molecule has 0 N–H and O–H groups in total. The van der Waals surface area contributed by atoms with Gasteiger partial charge in [0.05, 0.1) is 10.7 Å². The molecule has 1 aliphatic heterocycles. The molecule has 2 aliphatic rings. The Bertz CT molecular complexity index is 1540. The quantitative estimate of drug-likeness (QED) is 0.181. The lowest BCUT2D eigenvalue weighted by Gasteiger charge is -2.20. The van der Waals surface area contributed by atoms with Crippen LogP contribution in [0.25, 0.3) is 16.3 Å². The van der Waals surface area contributed by atoms with Crippen molar-refractivity contribution in [3.8, 4) is 0 Å². The first-order valence-electron chi connectivity index (χ1n) is 13.5. The Morgan fingerprint density at radius 2 is 1.74 bits per heavy atom. The minimum Gasteiger partial charge on any atom is -0.335 e. The zero-order valence-corrected chi connectivity index (χ0v) is 26.2. The van der Waals surface area contributed by atoms with Gasteiger partial charge in [0, 0.05) is 33.4 Å². The molecule has 0 saturated carbocycles. The fraction of sp³-hybridized carbons (Fsp3) is 0.242. The average Bonchev–Trinajstić information content (AvgIpc) is 3.48. The van der Waals surface area contributed by atoms with Crippen molar-refractivity contribution in [1.29, 1.82) is 0 Å². The summed E-state index contributed by atoms with van der Waals surface area (Å²) >= 11 is 7.10. The van der Waals surface area contributed by atoms with Gasteiger partial charge in [0.1, 0.15) is 11.2 Å². The minimum absolute atomic E-state index is 0.959. The lowest BCUT2D eigenvalue weighted by molar-refractivity contribution is -0.665. The van der Waals surface area contributed by atoms with E-state index in [9.17, 15) is 0 Å². The van der Waals surface area contributed by atoms with Crippen molar-refractivity contribution in [2.75, 3.05) is 11.4 Å². The molecule has 1 aliphatic carbocycles. The molecule has 200 valence electrons. The van der Waals surface area contributed by atoms with Crippen molar-refractivity contribution in [1.82, 2.24) is 0 Å². The number of hydrogen-bond acceptors (Lipinski definition) is 5. The third-order valence-corrected chi connectivity index (χ3v) is 10.8. The number of allylic oxidation sites excluding steroid dienone is 6. The molecule has 3 aromatic rings. The smallest absolute Gasteiger partial charge is 0.262 e. The molecular formula is C33H35N2S4+. The van der Waals surface area contributed by atoms with Crippen molar-refractivity contribution < 1.29 is 4.57 Å². The summed E-state index contributed by atoms with van der Waals surface area (Å²) in [4.78, 5) is 6.24. The predicted octanol–water partition coefficient (Wildman–Crippen LogP) is 10.6. The number of fused-ring (bicyclic) bond motifs is 2. The van der Waals surface area contributed by atoms with E-state index in [2.05, 4.69) is 104 Å². The Morgan fingerprint density at radius 3 is 2.49 bits per heavy atom. The van der Waals surface area contributed by atoms with Crippen molar-refractivity contribution in [3.63, 3.8) is 0 Å². The Hall–Kier alpha value is -2.38. The van der Waals surface area contributed by atoms with E-state index in [1.165, 1.54) is 63.8 Å². The van der Waals surface area contributed by atoms with Gasteiger partial charge in [-0.1, -0.05) is 71.9 Å². The second kappa shape index (κ2) is 12.9. The zero-order valence-electron chi connectivity index (χ0n) is 22.9. The lowest BCUT2D eigenvalue weighted by atomic mass is 9.88. The molecule has 0 bridgehead atoms. The van der Waals surface area contributed by atoms with Gasteiger partial charge in [-0.15, -0.1) is 0 Å². The van der Waals surface area contributed by atoms with Crippen LogP contribution in [-0.2, 0) is 6.54 Å². The highest BCUT2D eigenvalue weighted by molar-refractivity contribution is 8.04. The second-order valence-electron chi connectivity index (χ2n) is 9.39. The van der Waals surface area contributed by atoms with E-state index in [-0.39, 0.29) is 0 Å². The molecule has 2 heterocycles. The van der Waals surface area contributed by atoms with Gasteiger partial charge in [0.25, 0.3) is 5.01 Å². The van der Waals surface area contributed by atoms with Gasteiger partial charge >= 0.3 is 0 Å². The summed E-state index contributed by atoms with van der Waals surface area (Å²) in [5, 5.41) is 6.40. The molecule has 1 aromatic heterocycles. The Labute approximate surface area is 250 Å². The first-order chi connectivity index (χ1) is 19.1. The van der Waals surface area contributed by atoms with Crippen molar-refractivity contribution in [2.24, 2.45) is 0 Å². The number of aromatic nitrogens is 1. The van der Waals surface area contributed by atoms with Gasteiger partial charge in [-0.25, -0.2) is 0 Å². The van der Waals surface area contributed by atoms with Gasteiger partial charge in [-0.2, -0.15) is 4.57 Å². The first-order valence-corrected chi connectivity index (χ1v) is 16.9. The number of anilines is 1. The second-order valence-corrected chi connectivity index (χ2v) is 13.6. The highest BCUT2D eigenvalue weighted by atomic mass is 32.2. The Kier molecular flexibility index (Phi) is 9.28. The molecule has 2 aromatic carbocycles. The number of hydrogen-bond donors (Lipinski definition) is 0. The molecule has 0 saturated heterocycles. The SMILES string of the molecule is C=CSc1ccc2c(c1)N(CC)C(=CC=C1CCCC(C=Cc3sc4ccc(SC=C)cc4[n+]3CC)=C1C)S2. The third kappa shape index (κ3) is 6.04. The van der Waals surface area contributed by atoms with Gasteiger partial charge in [0.2, 0.25) is 5.52 Å². The van der Waals surface area contributed by atoms with Crippen LogP contribution >= 0.6 is 46.6 Å². The number of benzene rings is 2. The van der Waals surface area contributed by atoms with E-state index in [0.717, 1.165) is 25.9 Å². The molecule has 0 amide bonds. The molecule has 0 atom stereocenters. The van der Waals surface area contributed by atoms with Crippen LogP contribution in [0, 0.1) is 0 Å². The third-order valence-electron chi connectivity index (χ3n) is 7.18. The lowest BCUT2D eigenvalue weighted by Crippen LogP contribution is -2.33. The van der Waals surface area contributed by atoms with E-state index >= 15 is 0 Å². The van der Waals surface area contributed by atoms with Crippen LogP contribution in [0.3, 0.4) is 0 Å². The van der Waals surface area contributed by atoms with Crippen LogP contribution < -0.4 is 9.47 Å². The molecule has 6 heteroatoms. The van der Waals surface area contributed by atoms with E-state index in [0.29, 0.717) is 0 Å². The molecule has 2 nitrogen and oxygen atoms in total. The topological polar surface area (TPSA) is 7.12 Å². The predicted molar refractivity (Wildman–Crippen MR) is 177 cm³/mol. The molecule has 39 heavy (non-hydrogen) atoms. The number of aryl methyl sites for hydroxylation is 1. The summed E-state index contributed by atoms with van der Waals surface area (Å²) in [5.74, 6) is 0. The van der Waals surface area contributed by atoms with E-state index < -0.39 is 0 Å². The van der Waals surface area contributed by atoms with E-state index in [1.54, 1.807) is 23.5 Å². The molecule has 0 fully saturated rings. The normalized spacial score (nSPS) is 17.7. The van der Waals surface area contributed by atoms with Crippen molar-refractivity contribution in [3.05, 3.63) is 105 Å². The van der Waals surface area contributed by atoms with Gasteiger partial charge in [-0.3, -0.25) is 0 Å². The van der Waals surface area contributed by atoms with E-state index in [4.69, 9.17) is 0 Å². The average molecular weight is 588 g/mol. The summed E-state index contributed by atoms with van der Waals surface area (Å²) in [6.07, 6.45) is 12.9. The maximum Gasteiger partial charge on any atom is 0.262 e.